The molecule has 2 atom stereocenters. The summed E-state index contributed by atoms with van der Waals surface area (Å²) >= 11 is 6.73. The molecule has 34 heavy (non-hydrogen) atoms. The number of fused-ring (bicyclic) bond motifs is 1. The van der Waals surface area contributed by atoms with Gasteiger partial charge in [-0.15, -0.1) is 0 Å². The molecule has 4 heterocycles. The van der Waals surface area contributed by atoms with Crippen LogP contribution in [0.5, 0.6) is 0 Å². The molecule has 0 N–H and O–H groups in total. The number of rotatable bonds is 7. The van der Waals surface area contributed by atoms with E-state index in [-0.39, 0.29) is 11.5 Å². The Balaban J connectivity index is 1.75. The van der Waals surface area contributed by atoms with Crippen LogP contribution in [0.25, 0.3) is 11.7 Å². The highest BCUT2D eigenvalue weighted by atomic mass is 32.2. The summed E-state index contributed by atoms with van der Waals surface area (Å²) in [4.78, 5) is 36.0. The first-order valence-corrected chi connectivity index (χ1v) is 13.1. The number of anilines is 1. The second-order valence-electron chi connectivity index (χ2n) is 9.32. The summed E-state index contributed by atoms with van der Waals surface area (Å²) in [6, 6.07) is 3.83. The second-order valence-corrected chi connectivity index (χ2v) is 11.0. The number of pyridine rings is 1. The monoisotopic (exact) mass is 500 g/mol. The van der Waals surface area contributed by atoms with Gasteiger partial charge in [-0.25, -0.2) is 4.98 Å². The van der Waals surface area contributed by atoms with Gasteiger partial charge in [-0.2, -0.15) is 0 Å². The van der Waals surface area contributed by atoms with Gasteiger partial charge in [-0.05, 0) is 56.2 Å². The fourth-order valence-corrected chi connectivity index (χ4v) is 6.03. The maximum Gasteiger partial charge on any atom is 0.267 e. The third-order valence-electron chi connectivity index (χ3n) is 6.18. The van der Waals surface area contributed by atoms with E-state index in [1.165, 1.54) is 11.8 Å². The summed E-state index contributed by atoms with van der Waals surface area (Å²) in [6.07, 6.45) is 5.36. The van der Waals surface area contributed by atoms with E-state index in [0.29, 0.717) is 64.3 Å². The Bertz CT molecular complexity index is 1180. The van der Waals surface area contributed by atoms with E-state index in [1.807, 2.05) is 26.0 Å². The van der Waals surface area contributed by atoms with E-state index in [9.17, 15) is 9.59 Å². The molecular weight excluding hydrogens is 468 g/mol. The van der Waals surface area contributed by atoms with Gasteiger partial charge < -0.3 is 9.64 Å². The molecular formula is C25H32N4O3S2. The van der Waals surface area contributed by atoms with Gasteiger partial charge in [0.1, 0.15) is 15.8 Å². The zero-order valence-electron chi connectivity index (χ0n) is 20.2. The van der Waals surface area contributed by atoms with Gasteiger partial charge in [0.05, 0.1) is 10.5 Å². The van der Waals surface area contributed by atoms with Crippen LogP contribution in [0.2, 0.25) is 0 Å². The molecule has 7 nitrogen and oxygen atoms in total. The molecule has 0 saturated carbocycles. The third kappa shape index (κ3) is 5.21. The van der Waals surface area contributed by atoms with Gasteiger partial charge >= 0.3 is 0 Å². The minimum Gasteiger partial charge on any atom is -0.382 e. The molecule has 2 aromatic rings. The van der Waals surface area contributed by atoms with Crippen LogP contribution in [-0.4, -0.2) is 57.4 Å². The molecule has 0 radical (unpaired) electrons. The number of aryl methyl sites for hydroxylation is 1. The minimum absolute atomic E-state index is 0.161. The van der Waals surface area contributed by atoms with Gasteiger partial charge in [0.25, 0.3) is 11.5 Å². The first-order chi connectivity index (χ1) is 16.3. The highest BCUT2D eigenvalue weighted by molar-refractivity contribution is 8.26. The molecule has 0 unspecified atom stereocenters. The van der Waals surface area contributed by atoms with E-state index in [1.54, 1.807) is 21.6 Å². The summed E-state index contributed by atoms with van der Waals surface area (Å²) in [5.41, 5.74) is 1.85. The number of piperidine rings is 1. The molecule has 9 heteroatoms. The van der Waals surface area contributed by atoms with Crippen LogP contribution in [0.3, 0.4) is 0 Å². The van der Waals surface area contributed by atoms with Crippen molar-refractivity contribution in [3.63, 3.8) is 0 Å². The Hall–Kier alpha value is -2.23. The fourth-order valence-electron chi connectivity index (χ4n) is 4.74. The van der Waals surface area contributed by atoms with Crippen molar-refractivity contribution < 1.29 is 9.53 Å². The van der Waals surface area contributed by atoms with Crippen molar-refractivity contribution in [3.8, 4) is 0 Å². The van der Waals surface area contributed by atoms with E-state index in [2.05, 4.69) is 18.7 Å². The number of thiocarbonyl (C=S) groups is 1. The minimum atomic E-state index is -0.170. The molecule has 4 rings (SSSR count). The first kappa shape index (κ1) is 24.9. The lowest BCUT2D eigenvalue weighted by Gasteiger charge is -2.36. The molecule has 0 spiro atoms. The van der Waals surface area contributed by atoms with Crippen molar-refractivity contribution >= 4 is 51.7 Å². The maximum absolute atomic E-state index is 13.7. The number of carbonyl (C=O) groups is 1. The van der Waals surface area contributed by atoms with Crippen LogP contribution < -0.4 is 10.5 Å². The largest absolute Gasteiger partial charge is 0.382 e. The fraction of sp³-hybridized carbons (Fsp3) is 0.520. The van der Waals surface area contributed by atoms with E-state index in [4.69, 9.17) is 21.9 Å². The van der Waals surface area contributed by atoms with Gasteiger partial charge in [-0.3, -0.25) is 18.9 Å². The SMILES string of the molecule is CCOCCCN1C(=O)/C(=C\c2c(N3C[C@H](C)C[C@@H](C)C3)nc3ccc(C)cn3c2=O)SC1=S. The summed E-state index contributed by atoms with van der Waals surface area (Å²) in [6.45, 7) is 11.7. The average molecular weight is 501 g/mol. The Kier molecular flexibility index (Phi) is 7.74. The van der Waals surface area contributed by atoms with Gasteiger partial charge in [0.2, 0.25) is 0 Å². The summed E-state index contributed by atoms with van der Waals surface area (Å²) in [5, 5.41) is 0. The molecule has 2 aliphatic rings. The lowest BCUT2D eigenvalue weighted by Crippen LogP contribution is -2.40. The van der Waals surface area contributed by atoms with Crippen molar-refractivity contribution in [3.05, 3.63) is 44.7 Å². The van der Waals surface area contributed by atoms with Crippen LogP contribution in [0, 0.1) is 18.8 Å². The van der Waals surface area contributed by atoms with Crippen LogP contribution in [0.15, 0.2) is 28.0 Å². The lowest BCUT2D eigenvalue weighted by atomic mass is 9.91. The topological polar surface area (TPSA) is 67.2 Å². The van der Waals surface area contributed by atoms with E-state index >= 15 is 0 Å². The number of nitrogens with zero attached hydrogens (tertiary/aromatic N) is 4. The van der Waals surface area contributed by atoms with E-state index in [0.717, 1.165) is 25.1 Å². The Morgan fingerprint density at radius 2 is 1.97 bits per heavy atom. The summed E-state index contributed by atoms with van der Waals surface area (Å²) < 4.78 is 7.48. The Morgan fingerprint density at radius 1 is 1.24 bits per heavy atom. The molecule has 182 valence electrons. The maximum atomic E-state index is 13.7. The average Bonchev–Trinajstić information content (AvgIpc) is 3.05. The molecule has 0 aliphatic carbocycles. The molecule has 2 aromatic heterocycles. The number of hydrogen-bond acceptors (Lipinski definition) is 7. The number of amides is 1. The Morgan fingerprint density at radius 3 is 2.68 bits per heavy atom. The molecule has 0 aromatic carbocycles. The highest BCUT2D eigenvalue weighted by Crippen LogP contribution is 2.34. The standard InChI is InChI=1S/C25H32N4O3S2/c1-5-32-10-6-9-28-24(31)20(34-25(28)33)12-19-22(27-13-17(3)11-18(4)14-27)26-21-8-7-16(2)15-29(21)23(19)30/h7-8,12,15,17-18H,5-6,9-11,13-14H2,1-4H3/b20-12+/t17-,18-/m1/s1. The molecule has 2 saturated heterocycles. The molecule has 0 bridgehead atoms. The molecule has 1 amide bonds. The van der Waals surface area contributed by atoms with E-state index < -0.39 is 0 Å². The number of ether oxygens (including phenoxy) is 1. The summed E-state index contributed by atoms with van der Waals surface area (Å²) in [7, 11) is 0. The van der Waals surface area contributed by atoms with Crippen LogP contribution in [-0.2, 0) is 9.53 Å². The summed E-state index contributed by atoms with van der Waals surface area (Å²) in [5.74, 6) is 1.48. The van der Waals surface area contributed by atoms with Crippen LogP contribution in [0.1, 0.15) is 44.7 Å². The second kappa shape index (κ2) is 10.6. The van der Waals surface area contributed by atoms with Crippen molar-refractivity contribution in [1.29, 1.82) is 0 Å². The highest BCUT2D eigenvalue weighted by Gasteiger charge is 2.33. The zero-order chi connectivity index (χ0) is 24.4. The van der Waals surface area contributed by atoms with Gasteiger partial charge in [0, 0.05) is 39.0 Å². The van der Waals surface area contributed by atoms with Crippen molar-refractivity contribution in [2.45, 2.75) is 40.5 Å². The quantitative estimate of drug-likeness (QED) is 0.322. The van der Waals surface area contributed by atoms with Crippen LogP contribution >= 0.6 is 24.0 Å². The third-order valence-corrected chi connectivity index (χ3v) is 7.56. The van der Waals surface area contributed by atoms with Crippen molar-refractivity contribution in [2.75, 3.05) is 37.7 Å². The number of thioether (sulfide) groups is 1. The lowest BCUT2D eigenvalue weighted by molar-refractivity contribution is -0.122. The number of aromatic nitrogens is 2. The first-order valence-electron chi connectivity index (χ1n) is 11.9. The molecule has 2 fully saturated rings. The smallest absolute Gasteiger partial charge is 0.267 e. The molecule has 2 aliphatic heterocycles. The number of carbonyl (C=O) groups excluding carboxylic acids is 1. The normalized spacial score (nSPS) is 22.4. The number of hydrogen-bond donors (Lipinski definition) is 0. The van der Waals surface area contributed by atoms with Gasteiger partial charge in [-0.1, -0.05) is 43.9 Å². The van der Waals surface area contributed by atoms with Gasteiger partial charge in [0.15, 0.2) is 0 Å². The zero-order valence-corrected chi connectivity index (χ0v) is 21.9. The van der Waals surface area contributed by atoms with Crippen molar-refractivity contribution in [1.82, 2.24) is 14.3 Å². The Labute approximate surface area is 210 Å². The predicted molar refractivity (Wildman–Crippen MR) is 142 cm³/mol. The van der Waals surface area contributed by atoms with Crippen molar-refractivity contribution in [2.24, 2.45) is 11.8 Å². The predicted octanol–water partition coefficient (Wildman–Crippen LogP) is 4.11. The van der Waals surface area contributed by atoms with Crippen LogP contribution in [0.4, 0.5) is 5.82 Å².